The molecule has 0 amide bonds. The summed E-state index contributed by atoms with van der Waals surface area (Å²) in [6.45, 7) is 3.76. The summed E-state index contributed by atoms with van der Waals surface area (Å²) < 4.78 is 46.4. The summed E-state index contributed by atoms with van der Waals surface area (Å²) in [4.78, 5) is 18.2. The average Bonchev–Trinajstić information content (AvgIpc) is 2.89. The summed E-state index contributed by atoms with van der Waals surface area (Å²) in [5.74, 6) is -2.55. The van der Waals surface area contributed by atoms with Crippen LogP contribution in [-0.4, -0.2) is 58.6 Å². The van der Waals surface area contributed by atoms with E-state index in [0.717, 1.165) is 33.8 Å². The Morgan fingerprint density at radius 2 is 1.87 bits per heavy atom. The van der Waals surface area contributed by atoms with E-state index in [2.05, 4.69) is 9.88 Å². The quantitative estimate of drug-likeness (QED) is 0.272. The van der Waals surface area contributed by atoms with Gasteiger partial charge in [0.25, 0.3) is 0 Å². The van der Waals surface area contributed by atoms with Gasteiger partial charge < -0.3 is 19.8 Å². The number of methoxy groups -OCH3 is 1. The average molecular weight is 563 g/mol. The van der Waals surface area contributed by atoms with Crippen molar-refractivity contribution in [2.24, 2.45) is 5.41 Å². The highest BCUT2D eigenvalue weighted by molar-refractivity contribution is 7.99. The standard InChI is InChI=1S/C29H33F3N2O4S/c1-18-17-33-24-4-3-20(38-2)15-21(24)27(18)25(35)5-6-29(16-26(36)37)7-9-34(10-8-29)11-12-39-28-22(31)13-19(30)14-23(28)32/h3-4,13-15,17,25,35H,5-12,16H2,1-2H3,(H,36,37)/t25-/m1/s1. The van der Waals surface area contributed by atoms with Gasteiger partial charge in [-0.2, -0.15) is 0 Å². The number of carboxylic acids is 1. The normalized spacial score (nSPS) is 16.4. The third-order valence-electron chi connectivity index (χ3n) is 7.66. The third kappa shape index (κ3) is 7.04. The van der Waals surface area contributed by atoms with Crippen LogP contribution < -0.4 is 4.74 Å². The molecule has 1 atom stereocenters. The van der Waals surface area contributed by atoms with Gasteiger partial charge in [-0.1, -0.05) is 0 Å². The van der Waals surface area contributed by atoms with E-state index >= 15 is 0 Å². The molecule has 2 heterocycles. The maximum atomic E-state index is 13.9. The lowest BCUT2D eigenvalue weighted by molar-refractivity contribution is -0.141. The van der Waals surface area contributed by atoms with Crippen LogP contribution in [0.1, 0.15) is 49.3 Å². The number of nitrogens with zero attached hydrogens (tertiary/aromatic N) is 2. The SMILES string of the molecule is COc1ccc2ncc(C)c([C@H](O)CCC3(CC(=O)O)CCN(CCSc4c(F)cc(F)cc4F)CC3)c2c1. The van der Waals surface area contributed by atoms with Gasteiger partial charge in [0.1, 0.15) is 23.2 Å². The van der Waals surface area contributed by atoms with Crippen molar-refractivity contribution in [3.63, 3.8) is 0 Å². The molecule has 1 aliphatic rings. The molecule has 1 saturated heterocycles. The number of aliphatic hydroxyl groups excluding tert-OH is 1. The molecule has 6 nitrogen and oxygen atoms in total. The summed E-state index contributed by atoms with van der Waals surface area (Å²) in [5.41, 5.74) is 1.93. The number of aliphatic carboxylic acids is 1. The highest BCUT2D eigenvalue weighted by atomic mass is 32.2. The predicted octanol–water partition coefficient (Wildman–Crippen LogP) is 6.13. The van der Waals surface area contributed by atoms with Crippen LogP contribution in [0.4, 0.5) is 13.2 Å². The molecule has 0 spiro atoms. The van der Waals surface area contributed by atoms with E-state index in [9.17, 15) is 28.2 Å². The number of benzene rings is 2. The summed E-state index contributed by atoms with van der Waals surface area (Å²) >= 11 is 1.00. The molecular weight excluding hydrogens is 529 g/mol. The highest BCUT2D eigenvalue weighted by Gasteiger charge is 2.37. The van der Waals surface area contributed by atoms with Crippen LogP contribution in [0.3, 0.4) is 0 Å². The maximum absolute atomic E-state index is 13.9. The van der Waals surface area contributed by atoms with Gasteiger partial charge in [-0.3, -0.25) is 9.78 Å². The van der Waals surface area contributed by atoms with E-state index in [0.29, 0.717) is 69.0 Å². The van der Waals surface area contributed by atoms with Gasteiger partial charge in [0.2, 0.25) is 0 Å². The van der Waals surface area contributed by atoms with Gasteiger partial charge >= 0.3 is 5.97 Å². The number of carbonyl (C=O) groups is 1. The minimum Gasteiger partial charge on any atom is -0.497 e. The second-order valence-corrected chi connectivity index (χ2v) is 11.4. The number of aryl methyl sites for hydroxylation is 1. The van der Waals surface area contributed by atoms with Crippen molar-refractivity contribution in [3.05, 3.63) is 65.1 Å². The van der Waals surface area contributed by atoms with Crippen molar-refractivity contribution in [1.29, 1.82) is 0 Å². The first kappa shape index (κ1) is 29.2. The lowest BCUT2D eigenvalue weighted by Gasteiger charge is -2.41. The first-order valence-corrected chi connectivity index (χ1v) is 13.9. The van der Waals surface area contributed by atoms with Crippen molar-refractivity contribution < 1.29 is 32.9 Å². The van der Waals surface area contributed by atoms with Crippen molar-refractivity contribution in [3.8, 4) is 5.75 Å². The van der Waals surface area contributed by atoms with Gasteiger partial charge in [0.05, 0.1) is 30.0 Å². The van der Waals surface area contributed by atoms with Crippen molar-refractivity contribution in [1.82, 2.24) is 9.88 Å². The van der Waals surface area contributed by atoms with Gasteiger partial charge in [0, 0.05) is 36.0 Å². The number of fused-ring (bicyclic) bond motifs is 1. The number of piperidine rings is 1. The van der Waals surface area contributed by atoms with Crippen LogP contribution in [0.2, 0.25) is 0 Å². The minimum absolute atomic E-state index is 0.0121. The van der Waals surface area contributed by atoms with Gasteiger partial charge in [-0.15, -0.1) is 11.8 Å². The van der Waals surface area contributed by atoms with E-state index in [1.165, 1.54) is 0 Å². The molecule has 1 aromatic heterocycles. The third-order valence-corrected chi connectivity index (χ3v) is 8.72. The number of hydrogen-bond acceptors (Lipinski definition) is 6. The highest BCUT2D eigenvalue weighted by Crippen LogP contribution is 2.42. The van der Waals surface area contributed by atoms with Crippen molar-refractivity contribution >= 4 is 28.6 Å². The van der Waals surface area contributed by atoms with Crippen LogP contribution in [0.5, 0.6) is 5.75 Å². The number of carboxylic acid groups (broad SMARTS) is 1. The Balaban J connectivity index is 1.39. The number of likely N-dealkylation sites (tertiary alicyclic amines) is 1. The zero-order valence-electron chi connectivity index (χ0n) is 22.1. The topological polar surface area (TPSA) is 82.9 Å². The number of thioether (sulfide) groups is 1. The molecule has 2 N–H and O–H groups in total. The van der Waals surface area contributed by atoms with Crippen LogP contribution >= 0.6 is 11.8 Å². The smallest absolute Gasteiger partial charge is 0.303 e. The number of ether oxygens (including phenoxy) is 1. The Bertz CT molecular complexity index is 1310. The molecule has 0 saturated carbocycles. The molecule has 10 heteroatoms. The predicted molar refractivity (Wildman–Crippen MR) is 145 cm³/mol. The number of pyridine rings is 1. The number of aliphatic hydroxyl groups is 1. The molecule has 0 radical (unpaired) electrons. The van der Waals surface area contributed by atoms with Crippen LogP contribution in [0.25, 0.3) is 10.9 Å². The zero-order valence-corrected chi connectivity index (χ0v) is 22.9. The summed E-state index contributed by atoms with van der Waals surface area (Å²) in [7, 11) is 1.58. The number of rotatable bonds is 11. The Hall–Kier alpha value is -2.82. The van der Waals surface area contributed by atoms with Gasteiger partial charge in [-0.25, -0.2) is 13.2 Å². The minimum atomic E-state index is -0.947. The number of halogens is 3. The number of aromatic nitrogens is 1. The Morgan fingerprint density at radius 3 is 2.51 bits per heavy atom. The van der Waals surface area contributed by atoms with Gasteiger partial charge in [-0.05, 0) is 80.4 Å². The molecule has 3 aromatic rings. The van der Waals surface area contributed by atoms with Crippen molar-refractivity contribution in [2.75, 3.05) is 32.5 Å². The van der Waals surface area contributed by atoms with E-state index in [4.69, 9.17) is 4.74 Å². The van der Waals surface area contributed by atoms with Gasteiger partial charge in [0.15, 0.2) is 0 Å². The molecule has 210 valence electrons. The van der Waals surface area contributed by atoms with Crippen LogP contribution in [-0.2, 0) is 4.79 Å². The second kappa shape index (κ2) is 12.6. The van der Waals surface area contributed by atoms with Crippen LogP contribution in [0.15, 0.2) is 41.4 Å². The fourth-order valence-electron chi connectivity index (χ4n) is 5.48. The molecule has 0 unspecified atom stereocenters. The molecule has 4 rings (SSSR count). The second-order valence-electron chi connectivity index (χ2n) is 10.3. The van der Waals surface area contributed by atoms with E-state index in [1.54, 1.807) is 13.3 Å². The Morgan fingerprint density at radius 1 is 1.18 bits per heavy atom. The lowest BCUT2D eigenvalue weighted by atomic mass is 9.71. The lowest BCUT2D eigenvalue weighted by Crippen LogP contribution is -2.42. The molecule has 1 fully saturated rings. The number of hydrogen-bond donors (Lipinski definition) is 2. The zero-order chi connectivity index (χ0) is 28.2. The first-order chi connectivity index (χ1) is 18.6. The first-order valence-electron chi connectivity index (χ1n) is 12.9. The maximum Gasteiger partial charge on any atom is 0.303 e. The van der Waals surface area contributed by atoms with E-state index < -0.39 is 34.9 Å². The molecular formula is C29H33F3N2O4S. The fourth-order valence-corrected chi connectivity index (χ4v) is 6.43. The van der Waals surface area contributed by atoms with Crippen LogP contribution in [0, 0.1) is 29.8 Å². The molecule has 0 bridgehead atoms. The molecule has 2 aromatic carbocycles. The molecule has 1 aliphatic heterocycles. The van der Waals surface area contributed by atoms with E-state index in [-0.39, 0.29) is 11.3 Å². The fraction of sp³-hybridized carbons (Fsp3) is 0.448. The summed E-state index contributed by atoms with van der Waals surface area (Å²) in [5, 5.41) is 21.7. The Labute approximate surface area is 230 Å². The molecule has 0 aliphatic carbocycles. The largest absolute Gasteiger partial charge is 0.497 e. The van der Waals surface area contributed by atoms with E-state index in [1.807, 2.05) is 25.1 Å². The monoisotopic (exact) mass is 562 g/mol. The van der Waals surface area contributed by atoms with Crippen molar-refractivity contribution in [2.45, 2.75) is 50.0 Å². The Kier molecular flexibility index (Phi) is 9.40. The summed E-state index contributed by atoms with van der Waals surface area (Å²) in [6, 6.07) is 6.88. The summed E-state index contributed by atoms with van der Waals surface area (Å²) in [6.07, 6.45) is 3.19. The molecule has 39 heavy (non-hydrogen) atoms.